The first-order chi connectivity index (χ1) is 12.7. The molecule has 2 heterocycles. The van der Waals surface area contributed by atoms with E-state index in [-0.39, 0.29) is 22.9 Å². The van der Waals surface area contributed by atoms with Crippen LogP contribution in [0, 0.1) is 17.2 Å². The molecule has 0 bridgehead atoms. The van der Waals surface area contributed by atoms with Crippen LogP contribution in [0.15, 0.2) is 18.2 Å². The molecule has 1 unspecified atom stereocenters. The Morgan fingerprint density at radius 1 is 1.31 bits per heavy atom. The van der Waals surface area contributed by atoms with Crippen molar-refractivity contribution in [2.24, 2.45) is 11.3 Å². The first-order valence-electron chi connectivity index (χ1n) is 9.26. The SMILES string of the molecule is O=C(Nc1ccc(F)c(-n2nnnc2C2CC2)c1)C1CC12CCNCC2. The number of carbonyl (C=O) groups excluding carboxylic acids is 1. The topological polar surface area (TPSA) is 84.7 Å². The van der Waals surface area contributed by atoms with Gasteiger partial charge in [0.25, 0.3) is 0 Å². The highest BCUT2D eigenvalue weighted by Gasteiger charge is 2.57. The molecule has 3 aliphatic rings. The van der Waals surface area contributed by atoms with Gasteiger partial charge in [-0.15, -0.1) is 5.10 Å². The van der Waals surface area contributed by atoms with Crippen LogP contribution >= 0.6 is 0 Å². The van der Waals surface area contributed by atoms with E-state index in [9.17, 15) is 9.18 Å². The maximum absolute atomic E-state index is 14.4. The van der Waals surface area contributed by atoms with Gasteiger partial charge >= 0.3 is 0 Å². The lowest BCUT2D eigenvalue weighted by atomic mass is 9.92. The Balaban J connectivity index is 1.35. The van der Waals surface area contributed by atoms with Crippen molar-refractivity contribution in [3.8, 4) is 5.69 Å². The molecule has 5 rings (SSSR count). The van der Waals surface area contributed by atoms with Gasteiger partial charge in [-0.2, -0.15) is 4.68 Å². The van der Waals surface area contributed by atoms with Crippen molar-refractivity contribution in [3.05, 3.63) is 29.8 Å². The van der Waals surface area contributed by atoms with Gasteiger partial charge in [0, 0.05) is 17.5 Å². The Hall–Kier alpha value is -2.35. The van der Waals surface area contributed by atoms with Crippen LogP contribution in [0.4, 0.5) is 10.1 Å². The Morgan fingerprint density at radius 2 is 2.12 bits per heavy atom. The number of aromatic nitrogens is 4. The number of rotatable bonds is 4. The van der Waals surface area contributed by atoms with Gasteiger partial charge in [0.15, 0.2) is 5.82 Å². The number of piperidine rings is 1. The lowest BCUT2D eigenvalue weighted by Crippen LogP contribution is -2.31. The van der Waals surface area contributed by atoms with Gasteiger partial charge in [0.2, 0.25) is 5.91 Å². The Labute approximate surface area is 150 Å². The number of nitrogens with zero attached hydrogens (tertiary/aromatic N) is 4. The molecule has 1 atom stereocenters. The van der Waals surface area contributed by atoms with E-state index >= 15 is 0 Å². The van der Waals surface area contributed by atoms with Crippen LogP contribution in [0.5, 0.6) is 0 Å². The lowest BCUT2D eigenvalue weighted by Gasteiger charge is -2.23. The summed E-state index contributed by atoms with van der Waals surface area (Å²) in [5.41, 5.74) is 1.04. The smallest absolute Gasteiger partial charge is 0.228 e. The minimum absolute atomic E-state index is 0.0311. The van der Waals surface area contributed by atoms with E-state index < -0.39 is 5.82 Å². The van der Waals surface area contributed by atoms with E-state index in [1.54, 1.807) is 12.1 Å². The molecule has 26 heavy (non-hydrogen) atoms. The highest BCUT2D eigenvalue weighted by atomic mass is 19.1. The maximum Gasteiger partial charge on any atom is 0.228 e. The van der Waals surface area contributed by atoms with Crippen molar-refractivity contribution < 1.29 is 9.18 Å². The number of halogens is 1. The molecular formula is C18H21FN6O. The summed E-state index contributed by atoms with van der Waals surface area (Å²) >= 11 is 0. The van der Waals surface area contributed by atoms with E-state index in [1.807, 2.05) is 0 Å². The fraction of sp³-hybridized carbons (Fsp3) is 0.556. The van der Waals surface area contributed by atoms with E-state index in [2.05, 4.69) is 26.2 Å². The van der Waals surface area contributed by atoms with Crippen molar-refractivity contribution in [1.29, 1.82) is 0 Å². The number of hydrogen-bond acceptors (Lipinski definition) is 5. The second kappa shape index (κ2) is 5.84. The number of hydrogen-bond donors (Lipinski definition) is 2. The first kappa shape index (κ1) is 15.9. The molecule has 136 valence electrons. The molecule has 2 aliphatic carbocycles. The molecule has 1 aliphatic heterocycles. The zero-order valence-corrected chi connectivity index (χ0v) is 14.4. The van der Waals surface area contributed by atoms with Crippen molar-refractivity contribution in [1.82, 2.24) is 25.5 Å². The normalized spacial score (nSPS) is 23.8. The largest absolute Gasteiger partial charge is 0.326 e. The summed E-state index contributed by atoms with van der Waals surface area (Å²) in [5.74, 6) is 0.673. The predicted octanol–water partition coefficient (Wildman–Crippen LogP) is 2.01. The number of nitrogens with one attached hydrogen (secondary N) is 2. The predicted molar refractivity (Wildman–Crippen MR) is 92.4 cm³/mol. The third-order valence-electron chi connectivity index (χ3n) is 5.98. The second-order valence-corrected chi connectivity index (χ2v) is 7.75. The summed E-state index contributed by atoms with van der Waals surface area (Å²) in [6.45, 7) is 1.96. The molecule has 1 aromatic carbocycles. The molecule has 1 aromatic heterocycles. The summed E-state index contributed by atoms with van der Waals surface area (Å²) in [6, 6.07) is 4.57. The molecule has 1 spiro atoms. The minimum atomic E-state index is -0.404. The summed E-state index contributed by atoms with van der Waals surface area (Å²) in [6.07, 6.45) is 5.10. The number of carbonyl (C=O) groups is 1. The van der Waals surface area contributed by atoms with Crippen LogP contribution < -0.4 is 10.6 Å². The molecule has 2 N–H and O–H groups in total. The third-order valence-corrected chi connectivity index (χ3v) is 5.98. The number of tetrazole rings is 1. The van der Waals surface area contributed by atoms with Crippen LogP contribution in [0.2, 0.25) is 0 Å². The molecule has 8 heteroatoms. The average molecular weight is 356 g/mol. The van der Waals surface area contributed by atoms with Crippen LogP contribution in [-0.4, -0.2) is 39.2 Å². The number of benzene rings is 1. The molecule has 2 saturated carbocycles. The molecule has 2 aromatic rings. The van der Waals surface area contributed by atoms with Crippen LogP contribution in [-0.2, 0) is 4.79 Å². The van der Waals surface area contributed by atoms with Gasteiger partial charge in [-0.05, 0) is 79.2 Å². The van der Waals surface area contributed by atoms with E-state index in [4.69, 9.17) is 0 Å². The highest BCUT2D eigenvalue weighted by molar-refractivity contribution is 5.95. The van der Waals surface area contributed by atoms with Gasteiger partial charge in [0.05, 0.1) is 0 Å². The quantitative estimate of drug-likeness (QED) is 0.875. The number of amides is 1. The summed E-state index contributed by atoms with van der Waals surface area (Å²) in [7, 11) is 0. The third kappa shape index (κ3) is 2.68. The molecule has 1 saturated heterocycles. The Morgan fingerprint density at radius 3 is 2.88 bits per heavy atom. The standard InChI is InChI=1S/C18H21FN6O/c19-14-4-3-12(9-15(14)25-16(11-1-2-11)22-23-24-25)21-17(26)13-10-18(13)5-7-20-8-6-18/h3-4,9,11,13,20H,1-2,5-8,10H2,(H,21,26). The molecular weight excluding hydrogens is 335 g/mol. The molecule has 3 fully saturated rings. The highest BCUT2D eigenvalue weighted by Crippen LogP contribution is 2.58. The summed E-state index contributed by atoms with van der Waals surface area (Å²) < 4.78 is 15.8. The van der Waals surface area contributed by atoms with Crippen molar-refractivity contribution in [2.45, 2.75) is 38.0 Å². The monoisotopic (exact) mass is 356 g/mol. The van der Waals surface area contributed by atoms with Crippen molar-refractivity contribution in [3.63, 3.8) is 0 Å². The van der Waals surface area contributed by atoms with Crippen molar-refractivity contribution in [2.75, 3.05) is 18.4 Å². The Bertz CT molecular complexity index is 855. The van der Waals surface area contributed by atoms with Gasteiger partial charge < -0.3 is 10.6 Å². The maximum atomic E-state index is 14.4. The van der Waals surface area contributed by atoms with Gasteiger partial charge in [-0.3, -0.25) is 4.79 Å². The van der Waals surface area contributed by atoms with Crippen LogP contribution in [0.3, 0.4) is 0 Å². The van der Waals surface area contributed by atoms with Crippen molar-refractivity contribution >= 4 is 11.6 Å². The fourth-order valence-corrected chi connectivity index (χ4v) is 4.14. The zero-order chi connectivity index (χ0) is 17.7. The van der Waals surface area contributed by atoms with Gasteiger partial charge in [-0.25, -0.2) is 4.39 Å². The van der Waals surface area contributed by atoms with Crippen LogP contribution in [0.1, 0.15) is 43.8 Å². The molecule has 1 amide bonds. The van der Waals surface area contributed by atoms with Crippen LogP contribution in [0.25, 0.3) is 5.69 Å². The minimum Gasteiger partial charge on any atom is -0.326 e. The lowest BCUT2D eigenvalue weighted by molar-refractivity contribution is -0.118. The molecule has 7 nitrogen and oxygen atoms in total. The van der Waals surface area contributed by atoms with Gasteiger partial charge in [0.1, 0.15) is 11.5 Å². The van der Waals surface area contributed by atoms with Gasteiger partial charge in [-0.1, -0.05) is 0 Å². The zero-order valence-electron chi connectivity index (χ0n) is 14.4. The summed E-state index contributed by atoms with van der Waals surface area (Å²) in [4.78, 5) is 12.6. The average Bonchev–Trinajstić information content (AvgIpc) is 3.56. The fourth-order valence-electron chi connectivity index (χ4n) is 4.14. The second-order valence-electron chi connectivity index (χ2n) is 7.75. The van der Waals surface area contributed by atoms with E-state index in [0.717, 1.165) is 45.2 Å². The molecule has 0 radical (unpaired) electrons. The summed E-state index contributed by atoms with van der Waals surface area (Å²) in [5, 5.41) is 18.0. The van der Waals surface area contributed by atoms with E-state index in [0.29, 0.717) is 17.4 Å². The number of anilines is 1. The Kier molecular flexibility index (Phi) is 3.56. The first-order valence-corrected chi connectivity index (χ1v) is 9.26. The van der Waals surface area contributed by atoms with E-state index in [1.165, 1.54) is 10.7 Å².